The third-order valence-electron chi connectivity index (χ3n) is 12.1. The molecule has 2 N–H and O–H groups in total. The first-order valence-corrected chi connectivity index (χ1v) is 20.4. The third-order valence-corrected chi connectivity index (χ3v) is 13.8. The van der Waals surface area contributed by atoms with E-state index in [9.17, 15) is 22.4 Å². The zero-order chi connectivity index (χ0) is 38.0. The molecule has 3 aliphatic heterocycles. The molecule has 3 saturated heterocycles. The van der Waals surface area contributed by atoms with Crippen molar-refractivity contribution in [3.8, 4) is 0 Å². The van der Waals surface area contributed by atoms with Crippen LogP contribution in [0.5, 0.6) is 0 Å². The molecule has 3 aromatic carbocycles. The van der Waals surface area contributed by atoms with Gasteiger partial charge in [0.05, 0.1) is 28.1 Å². The molecule has 0 aromatic heterocycles. The molecule has 4 aliphatic rings. The fourth-order valence-corrected chi connectivity index (χ4v) is 10.8. The van der Waals surface area contributed by atoms with Crippen LogP contribution in [0, 0.1) is 29.4 Å². The highest BCUT2D eigenvalue weighted by Gasteiger charge is 2.56. The maximum Gasteiger partial charge on any atom is 0.407 e. The Morgan fingerprint density at radius 3 is 2.33 bits per heavy atom. The van der Waals surface area contributed by atoms with Crippen molar-refractivity contribution in [2.45, 2.75) is 59.9 Å². The summed E-state index contributed by atoms with van der Waals surface area (Å²) in [4.78, 5) is 30.9. The van der Waals surface area contributed by atoms with Gasteiger partial charge in [-0.05, 0) is 111 Å². The number of carbonyl (C=O) groups excluding carboxylic acids is 2. The smallest absolute Gasteiger partial charge is 0.407 e. The first kappa shape index (κ1) is 38.0. The minimum absolute atomic E-state index is 0.0525. The van der Waals surface area contributed by atoms with E-state index in [2.05, 4.69) is 33.1 Å². The molecule has 1 unspecified atom stereocenters. The second-order valence-electron chi connectivity index (χ2n) is 15.1. The van der Waals surface area contributed by atoms with Gasteiger partial charge in [-0.15, -0.1) is 0 Å². The van der Waals surface area contributed by atoms with Crippen molar-refractivity contribution in [2.75, 3.05) is 63.1 Å². The van der Waals surface area contributed by atoms with E-state index < -0.39 is 33.2 Å². The molecule has 3 aromatic rings. The lowest BCUT2D eigenvalue weighted by atomic mass is 9.62. The van der Waals surface area contributed by atoms with Gasteiger partial charge < -0.3 is 25.2 Å². The number of rotatable bonds is 12. The Kier molecular flexibility index (Phi) is 11.1. The van der Waals surface area contributed by atoms with Crippen molar-refractivity contribution in [3.63, 3.8) is 0 Å². The van der Waals surface area contributed by atoms with Gasteiger partial charge in [-0.25, -0.2) is 22.0 Å². The van der Waals surface area contributed by atoms with Crippen LogP contribution in [-0.4, -0.2) is 89.2 Å². The van der Waals surface area contributed by atoms with E-state index in [-0.39, 0.29) is 33.5 Å². The molecule has 54 heavy (non-hydrogen) atoms. The van der Waals surface area contributed by atoms with Crippen LogP contribution < -0.4 is 15.5 Å². The molecule has 1 aliphatic carbocycles. The molecule has 0 bridgehead atoms. The van der Waals surface area contributed by atoms with Crippen molar-refractivity contribution in [2.24, 2.45) is 17.8 Å². The summed E-state index contributed by atoms with van der Waals surface area (Å²) in [5.74, 6) is -0.569. The summed E-state index contributed by atoms with van der Waals surface area (Å²) in [5.41, 5.74) is 1.28. The molecular weight excluding hydrogens is 713 g/mol. The van der Waals surface area contributed by atoms with E-state index in [4.69, 9.17) is 4.74 Å². The number of carbonyl (C=O) groups is 2. The molecule has 7 rings (SSSR count). The number of piperidine rings is 1. The number of anilines is 2. The van der Waals surface area contributed by atoms with Crippen LogP contribution in [0.25, 0.3) is 0 Å². The fourth-order valence-electron chi connectivity index (χ4n) is 9.51. The van der Waals surface area contributed by atoms with Gasteiger partial charge >= 0.3 is 6.09 Å². The molecule has 1 saturated carbocycles. The summed E-state index contributed by atoms with van der Waals surface area (Å²) in [6, 6.07) is 16.9. The molecule has 0 radical (unpaired) electrons. The lowest BCUT2D eigenvalue weighted by molar-refractivity contribution is -0.111. The second kappa shape index (κ2) is 15.8. The minimum atomic E-state index is -4.03. The number of halogens is 2. The Labute approximate surface area is 316 Å². The van der Waals surface area contributed by atoms with Gasteiger partial charge in [0.2, 0.25) is 15.7 Å². The van der Waals surface area contributed by atoms with E-state index in [1.54, 1.807) is 12.1 Å². The number of benzene rings is 3. The summed E-state index contributed by atoms with van der Waals surface area (Å²) in [6.45, 7) is 9.30. The predicted molar refractivity (Wildman–Crippen MR) is 203 cm³/mol. The molecular formula is C41H49F2N5O5S. The van der Waals surface area contributed by atoms with Crippen LogP contribution >= 0.6 is 0 Å². The Bertz CT molecular complexity index is 1980. The van der Waals surface area contributed by atoms with E-state index in [1.807, 2.05) is 11.0 Å². The maximum atomic E-state index is 15.5. The van der Waals surface area contributed by atoms with Crippen molar-refractivity contribution in [1.82, 2.24) is 15.1 Å². The van der Waals surface area contributed by atoms with Crippen LogP contribution in [-0.2, 0) is 24.9 Å². The third kappa shape index (κ3) is 7.37. The van der Waals surface area contributed by atoms with Gasteiger partial charge in [0, 0.05) is 56.3 Å². The summed E-state index contributed by atoms with van der Waals surface area (Å²) in [7, 11) is -2.64. The predicted octanol–water partition coefficient (Wildman–Crippen LogP) is 6.20. The van der Waals surface area contributed by atoms with Gasteiger partial charge in [-0.1, -0.05) is 31.2 Å². The Hall–Kier alpha value is -4.33. The number of nitrogens with zero attached hydrogens (tertiary/aromatic N) is 3. The average molecular weight is 762 g/mol. The largest absolute Gasteiger partial charge is 0.453 e. The van der Waals surface area contributed by atoms with Gasteiger partial charge in [-0.2, -0.15) is 0 Å². The number of sulfone groups is 1. The number of ether oxygens (including phenoxy) is 1. The molecule has 4 fully saturated rings. The molecule has 3 heterocycles. The zero-order valence-electron chi connectivity index (χ0n) is 30.7. The van der Waals surface area contributed by atoms with Gasteiger partial charge in [0.15, 0.2) is 0 Å². The molecule has 0 spiro atoms. The lowest BCUT2D eigenvalue weighted by Crippen LogP contribution is -2.65. The van der Waals surface area contributed by atoms with Gasteiger partial charge in [-0.3, -0.25) is 9.69 Å². The fraction of sp³-hybridized carbons (Fsp3) is 0.463. The van der Waals surface area contributed by atoms with E-state index in [0.29, 0.717) is 30.4 Å². The minimum Gasteiger partial charge on any atom is -0.453 e. The summed E-state index contributed by atoms with van der Waals surface area (Å²) in [6.07, 6.45) is 6.46. The standard InChI is InChI=1S/C41H49F2N5O5S/c1-3-39(49)44-32-10-5-11-33(23-32)54(51,52)34-14-15-38(36(43)24-34)47-26-28(27-47)25-46-20-16-29(17-21-46)41(48-18-7-19-48,30-8-4-9-31(42)22-30)35-12-6-13-37(35)45-40(50)53-2/h3-5,8-11,14-15,22-24,28-29,35,37H,1,6-7,12-13,16-21,25-27H2,2H3,(H,44,49)(H,45,50)/t35-,37-,41?/m0/s1. The number of likely N-dealkylation sites (tertiary alicyclic amines) is 2. The summed E-state index contributed by atoms with van der Waals surface area (Å²) in [5, 5.41) is 5.69. The van der Waals surface area contributed by atoms with Crippen LogP contribution in [0.4, 0.5) is 25.0 Å². The van der Waals surface area contributed by atoms with Crippen molar-refractivity contribution in [3.05, 3.63) is 96.6 Å². The topological polar surface area (TPSA) is 111 Å². The van der Waals surface area contributed by atoms with Gasteiger partial charge in [0.1, 0.15) is 11.6 Å². The molecule has 288 valence electrons. The number of alkyl carbamates (subject to hydrolysis) is 1. The van der Waals surface area contributed by atoms with Crippen molar-refractivity contribution in [1.29, 1.82) is 0 Å². The Morgan fingerprint density at radius 1 is 0.926 bits per heavy atom. The summed E-state index contributed by atoms with van der Waals surface area (Å²) >= 11 is 0. The lowest BCUT2D eigenvalue weighted by Gasteiger charge is -2.59. The van der Waals surface area contributed by atoms with Crippen LogP contribution in [0.2, 0.25) is 0 Å². The number of nitrogens with one attached hydrogen (secondary N) is 2. The van der Waals surface area contributed by atoms with Crippen LogP contribution in [0.3, 0.4) is 0 Å². The Morgan fingerprint density at radius 2 is 1.67 bits per heavy atom. The number of hydrogen-bond donors (Lipinski definition) is 2. The van der Waals surface area contributed by atoms with Crippen LogP contribution in [0.1, 0.15) is 44.1 Å². The Balaban J connectivity index is 1.00. The summed E-state index contributed by atoms with van der Waals surface area (Å²) < 4.78 is 62.1. The second-order valence-corrected chi connectivity index (χ2v) is 17.1. The van der Waals surface area contributed by atoms with E-state index in [1.165, 1.54) is 43.5 Å². The van der Waals surface area contributed by atoms with Crippen molar-refractivity contribution < 1.29 is 31.5 Å². The molecule has 10 nitrogen and oxygen atoms in total. The monoisotopic (exact) mass is 761 g/mol. The highest BCUT2D eigenvalue weighted by Crippen LogP contribution is 2.54. The molecule has 3 atom stereocenters. The average Bonchev–Trinajstić information content (AvgIpc) is 3.59. The highest BCUT2D eigenvalue weighted by molar-refractivity contribution is 7.91. The van der Waals surface area contributed by atoms with E-state index in [0.717, 1.165) is 89.0 Å². The van der Waals surface area contributed by atoms with Crippen molar-refractivity contribution >= 4 is 33.2 Å². The number of amides is 2. The molecule has 2 amide bonds. The van der Waals surface area contributed by atoms with Gasteiger partial charge in [0.25, 0.3) is 0 Å². The quantitative estimate of drug-likeness (QED) is 0.210. The van der Waals surface area contributed by atoms with E-state index >= 15 is 4.39 Å². The maximum absolute atomic E-state index is 15.5. The highest BCUT2D eigenvalue weighted by atomic mass is 32.2. The first-order valence-electron chi connectivity index (χ1n) is 18.9. The SMILES string of the molecule is C=CC(=O)Nc1cccc(S(=O)(=O)c2ccc(N3CC(CN4CCC(C(c5cccc(F)c5)([C@H]5CCC[C@@H]5NC(=O)OC)N5CCC5)CC4)C3)c(F)c2)c1. The molecule has 13 heteroatoms. The first-order chi connectivity index (χ1) is 26.0. The number of hydrogen-bond acceptors (Lipinski definition) is 8. The van der Waals surface area contributed by atoms with Crippen LogP contribution in [0.15, 0.2) is 89.2 Å². The zero-order valence-corrected chi connectivity index (χ0v) is 31.5. The number of methoxy groups -OCH3 is 1. The normalized spacial score (nSPS) is 22.5.